The number of hydrogen-bond acceptors (Lipinski definition) is 4. The minimum absolute atomic E-state index is 0.0233. The molecule has 0 aliphatic heterocycles. The maximum absolute atomic E-state index is 12.9. The molecule has 17 heavy (non-hydrogen) atoms. The summed E-state index contributed by atoms with van der Waals surface area (Å²) >= 11 is 0. The van der Waals surface area contributed by atoms with Crippen LogP contribution in [0.4, 0.5) is 10.1 Å². The second-order valence-corrected chi connectivity index (χ2v) is 3.31. The fourth-order valence-electron chi connectivity index (χ4n) is 1.26. The first-order valence-electron chi connectivity index (χ1n) is 4.77. The molecule has 0 aliphatic rings. The van der Waals surface area contributed by atoms with Gasteiger partial charge in [-0.05, 0) is 12.1 Å². The maximum Gasteiger partial charge on any atom is 0.246 e. The number of nitrogens with one attached hydrogen (secondary N) is 1. The Labute approximate surface area is 95.7 Å². The van der Waals surface area contributed by atoms with Crippen LogP contribution in [0, 0.1) is 5.82 Å². The SMILES string of the molecule is O=C(Cn1ccnn1)Nc1cc(F)ccc1O. The molecule has 7 heteroatoms. The van der Waals surface area contributed by atoms with Gasteiger partial charge in [0.1, 0.15) is 18.1 Å². The van der Waals surface area contributed by atoms with Gasteiger partial charge in [0.15, 0.2) is 0 Å². The van der Waals surface area contributed by atoms with Gasteiger partial charge in [-0.15, -0.1) is 5.10 Å². The van der Waals surface area contributed by atoms with Crippen LogP contribution in [0.25, 0.3) is 0 Å². The molecule has 0 bridgehead atoms. The van der Waals surface area contributed by atoms with E-state index in [1.165, 1.54) is 23.1 Å². The minimum Gasteiger partial charge on any atom is -0.506 e. The summed E-state index contributed by atoms with van der Waals surface area (Å²) in [6, 6.07) is 3.30. The van der Waals surface area contributed by atoms with E-state index in [0.29, 0.717) is 0 Å². The summed E-state index contributed by atoms with van der Waals surface area (Å²) in [7, 11) is 0. The molecule has 0 saturated heterocycles. The van der Waals surface area contributed by atoms with Crippen molar-refractivity contribution in [3.05, 3.63) is 36.4 Å². The standard InChI is InChI=1S/C10H9FN4O2/c11-7-1-2-9(16)8(5-7)13-10(17)6-15-4-3-12-14-15/h1-5,16H,6H2,(H,13,17). The molecule has 0 radical (unpaired) electrons. The van der Waals surface area contributed by atoms with Gasteiger partial charge in [-0.25, -0.2) is 9.07 Å². The highest BCUT2D eigenvalue weighted by atomic mass is 19.1. The van der Waals surface area contributed by atoms with Crippen LogP contribution in [-0.4, -0.2) is 26.0 Å². The third kappa shape index (κ3) is 2.77. The third-order valence-electron chi connectivity index (χ3n) is 2.01. The summed E-state index contributed by atoms with van der Waals surface area (Å²) in [5, 5.41) is 18.9. The molecular weight excluding hydrogens is 227 g/mol. The van der Waals surface area contributed by atoms with Crippen molar-refractivity contribution in [1.29, 1.82) is 0 Å². The number of aromatic nitrogens is 3. The van der Waals surface area contributed by atoms with Crippen molar-refractivity contribution < 1.29 is 14.3 Å². The predicted molar refractivity (Wildman–Crippen MR) is 56.7 cm³/mol. The smallest absolute Gasteiger partial charge is 0.246 e. The van der Waals surface area contributed by atoms with E-state index in [2.05, 4.69) is 15.6 Å². The van der Waals surface area contributed by atoms with E-state index in [0.717, 1.165) is 12.1 Å². The van der Waals surface area contributed by atoms with Crippen LogP contribution in [-0.2, 0) is 11.3 Å². The number of hydrogen-bond donors (Lipinski definition) is 2. The number of anilines is 1. The molecule has 88 valence electrons. The van der Waals surface area contributed by atoms with Crippen LogP contribution >= 0.6 is 0 Å². The van der Waals surface area contributed by atoms with Crippen LogP contribution < -0.4 is 5.32 Å². The zero-order chi connectivity index (χ0) is 12.3. The molecule has 0 fully saturated rings. The lowest BCUT2D eigenvalue weighted by atomic mass is 10.3. The summed E-state index contributed by atoms with van der Waals surface area (Å²) in [5.41, 5.74) is 0.0233. The van der Waals surface area contributed by atoms with Crippen LogP contribution in [0.1, 0.15) is 0 Å². The lowest BCUT2D eigenvalue weighted by Crippen LogP contribution is -2.19. The molecule has 0 unspecified atom stereocenters. The van der Waals surface area contributed by atoms with E-state index in [9.17, 15) is 14.3 Å². The first-order valence-corrected chi connectivity index (χ1v) is 4.77. The zero-order valence-electron chi connectivity index (χ0n) is 8.67. The van der Waals surface area contributed by atoms with Gasteiger partial charge in [0.25, 0.3) is 0 Å². The van der Waals surface area contributed by atoms with Gasteiger partial charge >= 0.3 is 0 Å². The Morgan fingerprint density at radius 2 is 2.35 bits per heavy atom. The van der Waals surface area contributed by atoms with Crippen LogP contribution in [0.5, 0.6) is 5.75 Å². The molecule has 2 N–H and O–H groups in total. The minimum atomic E-state index is -0.543. The molecular formula is C10H9FN4O2. The summed E-state index contributed by atoms with van der Waals surface area (Å²) in [5.74, 6) is -1.17. The molecule has 2 rings (SSSR count). The van der Waals surface area contributed by atoms with E-state index in [4.69, 9.17) is 0 Å². The quantitative estimate of drug-likeness (QED) is 0.771. The second kappa shape index (κ2) is 4.60. The average Bonchev–Trinajstić information content (AvgIpc) is 2.76. The molecule has 1 amide bonds. The van der Waals surface area contributed by atoms with Gasteiger partial charge in [-0.3, -0.25) is 4.79 Å². The monoisotopic (exact) mass is 236 g/mol. The van der Waals surface area contributed by atoms with E-state index in [-0.39, 0.29) is 18.0 Å². The molecule has 2 aromatic rings. The number of nitrogens with zero attached hydrogens (tertiary/aromatic N) is 3. The van der Waals surface area contributed by atoms with Gasteiger partial charge < -0.3 is 10.4 Å². The lowest BCUT2D eigenvalue weighted by molar-refractivity contribution is -0.116. The number of amides is 1. The number of benzene rings is 1. The summed E-state index contributed by atoms with van der Waals surface area (Å²) in [4.78, 5) is 11.5. The molecule has 0 aliphatic carbocycles. The number of aromatic hydroxyl groups is 1. The molecule has 0 spiro atoms. The van der Waals surface area contributed by atoms with E-state index in [1.54, 1.807) is 0 Å². The highest BCUT2D eigenvalue weighted by Crippen LogP contribution is 2.23. The zero-order valence-corrected chi connectivity index (χ0v) is 8.67. The Bertz CT molecular complexity index is 527. The molecule has 1 aromatic carbocycles. The highest BCUT2D eigenvalue weighted by molar-refractivity contribution is 5.91. The number of phenols is 1. The van der Waals surface area contributed by atoms with E-state index in [1.807, 2.05) is 0 Å². The van der Waals surface area contributed by atoms with E-state index < -0.39 is 11.7 Å². The third-order valence-corrected chi connectivity index (χ3v) is 2.01. The van der Waals surface area contributed by atoms with Crippen molar-refractivity contribution in [3.8, 4) is 5.75 Å². The predicted octanol–water partition coefficient (Wildman–Crippen LogP) is 0.761. The van der Waals surface area contributed by atoms with Crippen molar-refractivity contribution in [2.75, 3.05) is 5.32 Å². The number of phenolic OH excluding ortho intramolecular Hbond substituents is 1. The van der Waals surface area contributed by atoms with Gasteiger partial charge in [0, 0.05) is 12.3 Å². The first kappa shape index (κ1) is 11.1. The van der Waals surface area contributed by atoms with Crippen molar-refractivity contribution in [2.24, 2.45) is 0 Å². The lowest BCUT2D eigenvalue weighted by Gasteiger charge is -2.06. The van der Waals surface area contributed by atoms with Crippen molar-refractivity contribution >= 4 is 11.6 Å². The Hall–Kier alpha value is -2.44. The fraction of sp³-hybridized carbons (Fsp3) is 0.100. The molecule has 0 atom stereocenters. The van der Waals surface area contributed by atoms with Crippen LogP contribution in [0.3, 0.4) is 0 Å². The topological polar surface area (TPSA) is 80.0 Å². The maximum atomic E-state index is 12.9. The van der Waals surface area contributed by atoms with E-state index >= 15 is 0 Å². The van der Waals surface area contributed by atoms with Crippen LogP contribution in [0.2, 0.25) is 0 Å². The van der Waals surface area contributed by atoms with Gasteiger partial charge in [-0.2, -0.15) is 0 Å². The normalized spacial score (nSPS) is 10.2. The highest BCUT2D eigenvalue weighted by Gasteiger charge is 2.08. The Morgan fingerprint density at radius 3 is 3.06 bits per heavy atom. The molecule has 1 aromatic heterocycles. The number of rotatable bonds is 3. The summed E-state index contributed by atoms with van der Waals surface area (Å²) in [6.07, 6.45) is 2.96. The summed E-state index contributed by atoms with van der Waals surface area (Å²) in [6.45, 7) is -0.0596. The number of carbonyl (C=O) groups is 1. The van der Waals surface area contributed by atoms with Crippen molar-refractivity contribution in [1.82, 2.24) is 15.0 Å². The number of carbonyl (C=O) groups excluding carboxylic acids is 1. The Morgan fingerprint density at radius 1 is 1.53 bits per heavy atom. The van der Waals surface area contributed by atoms with Gasteiger partial charge in [0.05, 0.1) is 11.9 Å². The molecule has 6 nitrogen and oxygen atoms in total. The largest absolute Gasteiger partial charge is 0.506 e. The fourth-order valence-corrected chi connectivity index (χ4v) is 1.26. The first-order chi connectivity index (χ1) is 8.15. The molecule has 0 saturated carbocycles. The van der Waals surface area contributed by atoms with Crippen LogP contribution in [0.15, 0.2) is 30.6 Å². The number of halogens is 1. The average molecular weight is 236 g/mol. The van der Waals surface area contributed by atoms with Gasteiger partial charge in [0.2, 0.25) is 5.91 Å². The van der Waals surface area contributed by atoms with Crippen molar-refractivity contribution in [2.45, 2.75) is 6.54 Å². The molecule has 1 heterocycles. The second-order valence-electron chi connectivity index (χ2n) is 3.31. The van der Waals surface area contributed by atoms with Crippen molar-refractivity contribution in [3.63, 3.8) is 0 Å². The Kier molecular flexibility index (Phi) is 2.99. The van der Waals surface area contributed by atoms with Gasteiger partial charge in [-0.1, -0.05) is 5.21 Å². The Balaban J connectivity index is 2.05. The summed E-state index contributed by atoms with van der Waals surface area (Å²) < 4.78 is 14.2.